The molecule has 2 N–H and O–H groups in total. The van der Waals surface area contributed by atoms with Crippen molar-refractivity contribution in [1.29, 1.82) is 0 Å². The first-order valence-corrected chi connectivity index (χ1v) is 12.6. The van der Waals surface area contributed by atoms with Crippen LogP contribution in [0.5, 0.6) is 11.5 Å². The molecule has 1 unspecified atom stereocenters. The maximum Gasteiger partial charge on any atom is 0.338 e. The molecule has 4 amide bonds. The number of ether oxygens (including phenoxy) is 3. The lowest BCUT2D eigenvalue weighted by Crippen LogP contribution is -2.49. The zero-order valence-corrected chi connectivity index (χ0v) is 22.6. The molecule has 11 nitrogen and oxygen atoms in total. The molecular weight excluding hydrogens is 478 g/mol. The first kappa shape index (κ1) is 28.1. The van der Waals surface area contributed by atoms with E-state index in [1.807, 2.05) is 18.7 Å². The number of nitrogens with zero attached hydrogens (tertiary/aromatic N) is 3. The van der Waals surface area contributed by atoms with Gasteiger partial charge in [0.05, 0.1) is 32.4 Å². The summed E-state index contributed by atoms with van der Waals surface area (Å²) in [6, 6.07) is 4.19. The summed E-state index contributed by atoms with van der Waals surface area (Å²) in [5.41, 5.74) is 1.49. The number of urea groups is 2. The third-order valence-corrected chi connectivity index (χ3v) is 6.48. The average Bonchev–Trinajstić information content (AvgIpc) is 3.11. The summed E-state index contributed by atoms with van der Waals surface area (Å²) in [5.74, 6) is 0.416. The van der Waals surface area contributed by atoms with E-state index < -0.39 is 12.0 Å². The summed E-state index contributed by atoms with van der Waals surface area (Å²) < 4.78 is 16.5. The van der Waals surface area contributed by atoms with Crippen molar-refractivity contribution in [3.63, 3.8) is 0 Å². The lowest BCUT2D eigenvalue weighted by atomic mass is 9.93. The van der Waals surface area contributed by atoms with Gasteiger partial charge in [-0.2, -0.15) is 0 Å². The van der Waals surface area contributed by atoms with Gasteiger partial charge in [-0.05, 0) is 33.3 Å². The zero-order chi connectivity index (χ0) is 27.1. The number of hydrogen-bond acceptors (Lipinski definition) is 7. The lowest BCUT2D eigenvalue weighted by Gasteiger charge is -2.37. The van der Waals surface area contributed by atoms with Gasteiger partial charge in [0.1, 0.15) is 0 Å². The molecule has 1 saturated heterocycles. The van der Waals surface area contributed by atoms with E-state index in [0.29, 0.717) is 61.1 Å². The van der Waals surface area contributed by atoms with Gasteiger partial charge in [-0.3, -0.25) is 9.80 Å². The molecule has 0 saturated carbocycles. The predicted octanol–water partition coefficient (Wildman–Crippen LogP) is 2.34. The quantitative estimate of drug-likeness (QED) is 0.509. The van der Waals surface area contributed by atoms with E-state index >= 15 is 0 Å². The highest BCUT2D eigenvalue weighted by Crippen LogP contribution is 2.40. The van der Waals surface area contributed by atoms with Crippen LogP contribution in [0.25, 0.3) is 0 Å². The zero-order valence-electron chi connectivity index (χ0n) is 22.6. The molecule has 1 aromatic rings. The summed E-state index contributed by atoms with van der Waals surface area (Å²) in [7, 11) is 4.70. The van der Waals surface area contributed by atoms with Crippen LogP contribution in [0.1, 0.15) is 38.8 Å². The van der Waals surface area contributed by atoms with Crippen molar-refractivity contribution in [3.05, 3.63) is 35.0 Å². The SMILES string of the molecule is CCOC(=O)C1=C(CN2CCCN(C(=O)NC(C)C)CC2)N(C)C(=O)NC1c1cccc(OC)c1OC. The van der Waals surface area contributed by atoms with Crippen molar-refractivity contribution < 1.29 is 28.6 Å². The molecule has 1 atom stereocenters. The number of carbonyl (C=O) groups is 3. The Labute approximate surface area is 218 Å². The Bertz CT molecular complexity index is 1030. The van der Waals surface area contributed by atoms with Gasteiger partial charge in [-0.15, -0.1) is 0 Å². The van der Waals surface area contributed by atoms with E-state index in [9.17, 15) is 14.4 Å². The number of para-hydroxylation sites is 1. The minimum absolute atomic E-state index is 0.0593. The van der Waals surface area contributed by atoms with Crippen LogP contribution in [0.2, 0.25) is 0 Å². The molecule has 0 bridgehead atoms. The molecular formula is C26H39N5O6. The molecule has 204 valence electrons. The number of amides is 4. The largest absolute Gasteiger partial charge is 0.493 e. The van der Waals surface area contributed by atoms with Gasteiger partial charge in [0.2, 0.25) is 0 Å². The van der Waals surface area contributed by atoms with Crippen LogP contribution in [-0.2, 0) is 9.53 Å². The fraction of sp³-hybridized carbons (Fsp3) is 0.577. The number of nitrogens with one attached hydrogen (secondary N) is 2. The molecule has 0 radical (unpaired) electrons. The topological polar surface area (TPSA) is 113 Å². The molecule has 11 heteroatoms. The van der Waals surface area contributed by atoms with Crippen LogP contribution in [0.3, 0.4) is 0 Å². The smallest absolute Gasteiger partial charge is 0.338 e. The van der Waals surface area contributed by atoms with Crippen LogP contribution in [0, 0.1) is 0 Å². The molecule has 2 aliphatic heterocycles. The molecule has 2 heterocycles. The summed E-state index contributed by atoms with van der Waals surface area (Å²) in [4.78, 5) is 44.4. The van der Waals surface area contributed by atoms with Crippen molar-refractivity contribution in [2.75, 3.05) is 60.6 Å². The van der Waals surface area contributed by atoms with Crippen LogP contribution >= 0.6 is 0 Å². The molecule has 1 aromatic carbocycles. The van der Waals surface area contributed by atoms with Crippen LogP contribution in [0.4, 0.5) is 9.59 Å². The number of rotatable bonds is 8. The second-order valence-corrected chi connectivity index (χ2v) is 9.33. The number of hydrogen-bond donors (Lipinski definition) is 2. The normalized spacial score (nSPS) is 18.9. The van der Waals surface area contributed by atoms with E-state index in [1.165, 1.54) is 19.1 Å². The predicted molar refractivity (Wildman–Crippen MR) is 139 cm³/mol. The highest BCUT2D eigenvalue weighted by atomic mass is 16.5. The Morgan fingerprint density at radius 1 is 1.14 bits per heavy atom. The summed E-state index contributed by atoms with van der Waals surface area (Å²) in [6.45, 7) is 8.66. The van der Waals surface area contributed by atoms with Gasteiger partial charge in [0.15, 0.2) is 11.5 Å². The van der Waals surface area contributed by atoms with Crippen molar-refractivity contribution in [2.45, 2.75) is 39.3 Å². The van der Waals surface area contributed by atoms with E-state index in [2.05, 4.69) is 15.5 Å². The fourth-order valence-corrected chi connectivity index (χ4v) is 4.65. The lowest BCUT2D eigenvalue weighted by molar-refractivity contribution is -0.139. The second-order valence-electron chi connectivity index (χ2n) is 9.33. The van der Waals surface area contributed by atoms with Crippen molar-refractivity contribution in [1.82, 2.24) is 25.3 Å². The maximum absolute atomic E-state index is 13.3. The summed E-state index contributed by atoms with van der Waals surface area (Å²) in [6.07, 6.45) is 0.774. The van der Waals surface area contributed by atoms with Crippen LogP contribution in [0.15, 0.2) is 29.5 Å². The Kier molecular flexibility index (Phi) is 9.62. The van der Waals surface area contributed by atoms with Crippen molar-refractivity contribution >= 4 is 18.0 Å². The minimum atomic E-state index is -0.789. The van der Waals surface area contributed by atoms with Crippen molar-refractivity contribution in [3.8, 4) is 11.5 Å². The maximum atomic E-state index is 13.3. The van der Waals surface area contributed by atoms with Crippen LogP contribution < -0.4 is 20.1 Å². The first-order chi connectivity index (χ1) is 17.7. The molecule has 0 spiro atoms. The number of methoxy groups -OCH3 is 2. The van der Waals surface area contributed by atoms with E-state index in [1.54, 1.807) is 32.2 Å². The highest BCUT2D eigenvalue weighted by Gasteiger charge is 2.39. The van der Waals surface area contributed by atoms with Crippen molar-refractivity contribution in [2.24, 2.45) is 0 Å². The average molecular weight is 518 g/mol. The Morgan fingerprint density at radius 2 is 1.89 bits per heavy atom. The van der Waals surface area contributed by atoms with E-state index in [-0.39, 0.29) is 24.7 Å². The number of carbonyl (C=O) groups excluding carboxylic acids is 3. The second kappa shape index (κ2) is 12.7. The van der Waals surface area contributed by atoms with E-state index in [0.717, 1.165) is 6.42 Å². The van der Waals surface area contributed by atoms with Gasteiger partial charge in [0, 0.05) is 57.1 Å². The minimum Gasteiger partial charge on any atom is -0.493 e. The van der Waals surface area contributed by atoms with Crippen LogP contribution in [-0.4, -0.2) is 99.4 Å². The number of likely N-dealkylation sites (N-methyl/N-ethyl adjacent to an activating group) is 1. The Morgan fingerprint density at radius 3 is 2.54 bits per heavy atom. The van der Waals surface area contributed by atoms with Gasteiger partial charge in [-0.1, -0.05) is 12.1 Å². The summed E-state index contributed by atoms with van der Waals surface area (Å²) >= 11 is 0. The third kappa shape index (κ3) is 6.46. The molecule has 0 aromatic heterocycles. The summed E-state index contributed by atoms with van der Waals surface area (Å²) in [5, 5.41) is 5.87. The molecule has 0 aliphatic carbocycles. The van der Waals surface area contributed by atoms with Gasteiger partial charge in [-0.25, -0.2) is 14.4 Å². The standard InChI is InChI=1S/C26H39N5O6/c1-7-37-24(32)21-19(16-30-12-9-13-31(15-14-30)26(34)27-17(2)3)29(4)25(33)28-22(21)18-10-8-11-20(35-5)23(18)36-6/h8,10-11,17,22H,7,9,12-16H2,1-6H3,(H,27,34)(H,28,33). The number of esters is 1. The fourth-order valence-electron chi connectivity index (χ4n) is 4.65. The van der Waals surface area contributed by atoms with Gasteiger partial charge in [0.25, 0.3) is 0 Å². The number of benzene rings is 1. The molecule has 3 rings (SSSR count). The van der Waals surface area contributed by atoms with Gasteiger partial charge < -0.3 is 29.7 Å². The highest BCUT2D eigenvalue weighted by molar-refractivity contribution is 5.95. The first-order valence-electron chi connectivity index (χ1n) is 12.6. The molecule has 37 heavy (non-hydrogen) atoms. The Hall–Kier alpha value is -3.47. The van der Waals surface area contributed by atoms with Gasteiger partial charge >= 0.3 is 18.0 Å². The third-order valence-electron chi connectivity index (χ3n) is 6.48. The molecule has 2 aliphatic rings. The van der Waals surface area contributed by atoms with E-state index in [4.69, 9.17) is 14.2 Å². The monoisotopic (exact) mass is 517 g/mol. The Balaban J connectivity index is 1.98. The molecule has 1 fully saturated rings.